The van der Waals surface area contributed by atoms with Crippen molar-refractivity contribution in [3.63, 3.8) is 0 Å². The van der Waals surface area contributed by atoms with Gasteiger partial charge in [-0.15, -0.1) is 0 Å². The lowest BCUT2D eigenvalue weighted by atomic mass is 9.77. The molecular weight excluding hydrogens is 249 g/mol. The Labute approximate surface area is 105 Å². The average Bonchev–Trinajstić information content (AvgIpc) is 2.21. The predicted octanol–water partition coefficient (Wildman–Crippen LogP) is 4.42. The lowest BCUT2D eigenvalue weighted by Gasteiger charge is -2.27. The van der Waals surface area contributed by atoms with Gasteiger partial charge in [-0.2, -0.15) is 13.2 Å². The van der Waals surface area contributed by atoms with E-state index in [0.717, 1.165) is 25.7 Å². The molecule has 1 fully saturated rings. The minimum absolute atomic E-state index is 0.00838. The summed E-state index contributed by atoms with van der Waals surface area (Å²) in [7, 11) is 0. The molecule has 100 valence electrons. The number of ketones is 1. The van der Waals surface area contributed by atoms with E-state index in [9.17, 15) is 18.0 Å². The summed E-state index contributed by atoms with van der Waals surface area (Å²) < 4.78 is 35.9. The highest BCUT2D eigenvalue weighted by atomic mass is 32.2. The van der Waals surface area contributed by atoms with Gasteiger partial charge in [-0.1, -0.05) is 31.5 Å². The van der Waals surface area contributed by atoms with Gasteiger partial charge in [-0.25, -0.2) is 0 Å². The second kappa shape index (κ2) is 6.66. The molecule has 2 atom stereocenters. The fourth-order valence-electron chi connectivity index (χ4n) is 2.47. The highest BCUT2D eigenvalue weighted by molar-refractivity contribution is 8.00. The van der Waals surface area contributed by atoms with Gasteiger partial charge in [0.05, 0.1) is 0 Å². The van der Waals surface area contributed by atoms with E-state index in [-0.39, 0.29) is 29.2 Å². The Hall–Kier alpha value is -0.190. The molecule has 0 radical (unpaired) electrons. The van der Waals surface area contributed by atoms with Gasteiger partial charge in [0.15, 0.2) is 0 Å². The van der Waals surface area contributed by atoms with E-state index >= 15 is 0 Å². The molecule has 0 saturated heterocycles. The van der Waals surface area contributed by atoms with E-state index in [1.54, 1.807) is 0 Å². The number of carbonyl (C=O) groups excluding carboxylic acids is 1. The monoisotopic (exact) mass is 268 g/mol. The second-order valence-corrected chi connectivity index (χ2v) is 5.84. The summed E-state index contributed by atoms with van der Waals surface area (Å²) in [6.07, 6.45) is 4.84. The van der Waals surface area contributed by atoms with Gasteiger partial charge in [-0.05, 0) is 25.2 Å². The number of rotatable bonds is 5. The molecule has 0 aromatic carbocycles. The SMILES string of the molecule is CCCC1CCC(=O)C(CCSC(F)(F)F)C1. The van der Waals surface area contributed by atoms with E-state index in [1.165, 1.54) is 0 Å². The van der Waals surface area contributed by atoms with Gasteiger partial charge in [0.25, 0.3) is 0 Å². The highest BCUT2D eigenvalue weighted by Crippen LogP contribution is 2.35. The standard InChI is InChI=1S/C12H19F3OS/c1-2-3-9-4-5-11(16)10(8-9)6-7-17-12(13,14)15/h9-10H,2-8H2,1H3. The third-order valence-corrected chi connectivity index (χ3v) is 4.07. The van der Waals surface area contributed by atoms with Crippen molar-refractivity contribution in [2.24, 2.45) is 11.8 Å². The van der Waals surface area contributed by atoms with Crippen molar-refractivity contribution in [1.82, 2.24) is 0 Å². The Morgan fingerprint density at radius 3 is 2.65 bits per heavy atom. The van der Waals surface area contributed by atoms with Crippen molar-refractivity contribution in [1.29, 1.82) is 0 Å². The number of halogens is 3. The first-order chi connectivity index (χ1) is 7.92. The molecule has 0 aliphatic heterocycles. The van der Waals surface area contributed by atoms with E-state index < -0.39 is 5.51 Å². The molecule has 1 nitrogen and oxygen atoms in total. The van der Waals surface area contributed by atoms with Crippen LogP contribution >= 0.6 is 11.8 Å². The van der Waals surface area contributed by atoms with E-state index in [0.29, 0.717) is 18.8 Å². The summed E-state index contributed by atoms with van der Waals surface area (Å²) in [6.45, 7) is 2.10. The van der Waals surface area contributed by atoms with Gasteiger partial charge in [0.1, 0.15) is 5.78 Å². The summed E-state index contributed by atoms with van der Waals surface area (Å²) in [4.78, 5) is 11.6. The van der Waals surface area contributed by atoms with Crippen LogP contribution in [0, 0.1) is 11.8 Å². The smallest absolute Gasteiger partial charge is 0.299 e. The number of Topliss-reactive ketones (excluding diaryl/α,β-unsaturated/α-hetero) is 1. The van der Waals surface area contributed by atoms with Gasteiger partial charge in [0.2, 0.25) is 0 Å². The molecule has 1 rings (SSSR count). The van der Waals surface area contributed by atoms with Crippen LogP contribution in [0.3, 0.4) is 0 Å². The molecule has 1 aliphatic carbocycles. The van der Waals surface area contributed by atoms with Gasteiger partial charge in [0, 0.05) is 18.1 Å². The molecule has 0 bridgehead atoms. The Morgan fingerprint density at radius 1 is 1.35 bits per heavy atom. The van der Waals surface area contributed by atoms with E-state index in [1.807, 2.05) is 0 Å². The van der Waals surface area contributed by atoms with E-state index in [2.05, 4.69) is 6.92 Å². The summed E-state index contributed by atoms with van der Waals surface area (Å²) >= 11 is -0.00838. The maximum absolute atomic E-state index is 12.0. The van der Waals surface area contributed by atoms with Crippen LogP contribution in [0.1, 0.15) is 45.4 Å². The maximum atomic E-state index is 12.0. The number of hydrogen-bond donors (Lipinski definition) is 0. The third-order valence-electron chi connectivity index (χ3n) is 3.30. The number of hydrogen-bond acceptors (Lipinski definition) is 2. The molecule has 0 amide bonds. The Bertz CT molecular complexity index is 253. The zero-order chi connectivity index (χ0) is 12.9. The minimum atomic E-state index is -4.17. The zero-order valence-corrected chi connectivity index (χ0v) is 10.9. The molecule has 1 saturated carbocycles. The van der Waals surface area contributed by atoms with Crippen molar-refractivity contribution >= 4 is 17.5 Å². The predicted molar refractivity (Wildman–Crippen MR) is 63.9 cm³/mol. The molecule has 0 aromatic heterocycles. The summed E-state index contributed by atoms with van der Waals surface area (Å²) in [5, 5.41) is 0. The Balaban J connectivity index is 2.32. The summed E-state index contributed by atoms with van der Waals surface area (Å²) in [6, 6.07) is 0. The Kier molecular flexibility index (Phi) is 5.83. The van der Waals surface area contributed by atoms with Gasteiger partial charge < -0.3 is 0 Å². The van der Waals surface area contributed by atoms with Crippen LogP contribution in [0.15, 0.2) is 0 Å². The number of alkyl halides is 3. The first kappa shape index (κ1) is 14.9. The van der Waals surface area contributed by atoms with Gasteiger partial charge in [-0.3, -0.25) is 4.79 Å². The van der Waals surface area contributed by atoms with Crippen LogP contribution in [0.25, 0.3) is 0 Å². The molecular formula is C12H19F3OS. The van der Waals surface area contributed by atoms with Crippen LogP contribution < -0.4 is 0 Å². The van der Waals surface area contributed by atoms with Crippen LogP contribution in [-0.4, -0.2) is 17.0 Å². The molecule has 0 spiro atoms. The van der Waals surface area contributed by atoms with Crippen molar-refractivity contribution in [3.8, 4) is 0 Å². The third kappa shape index (κ3) is 5.80. The molecule has 0 aromatic rings. The largest absolute Gasteiger partial charge is 0.441 e. The molecule has 2 unspecified atom stereocenters. The average molecular weight is 268 g/mol. The zero-order valence-electron chi connectivity index (χ0n) is 10.1. The van der Waals surface area contributed by atoms with Crippen molar-refractivity contribution < 1.29 is 18.0 Å². The van der Waals surface area contributed by atoms with Crippen molar-refractivity contribution in [3.05, 3.63) is 0 Å². The van der Waals surface area contributed by atoms with Crippen molar-refractivity contribution in [2.45, 2.75) is 51.0 Å². The summed E-state index contributed by atoms with van der Waals surface area (Å²) in [5.74, 6) is 0.590. The van der Waals surface area contributed by atoms with Crippen molar-refractivity contribution in [2.75, 3.05) is 5.75 Å². The number of thioether (sulfide) groups is 1. The maximum Gasteiger partial charge on any atom is 0.441 e. The lowest BCUT2D eigenvalue weighted by molar-refractivity contribution is -0.125. The molecule has 17 heavy (non-hydrogen) atoms. The first-order valence-corrected chi connectivity index (χ1v) is 7.14. The summed E-state index contributed by atoms with van der Waals surface area (Å²) in [5.41, 5.74) is -4.17. The quantitative estimate of drug-likeness (QED) is 0.734. The minimum Gasteiger partial charge on any atom is -0.299 e. The van der Waals surface area contributed by atoms with E-state index in [4.69, 9.17) is 0 Å². The molecule has 0 N–H and O–H groups in total. The van der Waals surface area contributed by atoms with Gasteiger partial charge >= 0.3 is 5.51 Å². The fraction of sp³-hybridized carbons (Fsp3) is 0.917. The molecule has 0 heterocycles. The van der Waals surface area contributed by atoms with Crippen LogP contribution in [-0.2, 0) is 4.79 Å². The first-order valence-electron chi connectivity index (χ1n) is 6.15. The molecule has 1 aliphatic rings. The Morgan fingerprint density at radius 2 is 2.06 bits per heavy atom. The topological polar surface area (TPSA) is 17.1 Å². The fourth-order valence-corrected chi connectivity index (χ4v) is 3.10. The second-order valence-electron chi connectivity index (χ2n) is 4.68. The van der Waals surface area contributed by atoms with Crippen LogP contribution in [0.5, 0.6) is 0 Å². The van der Waals surface area contributed by atoms with Crippen LogP contribution in [0.4, 0.5) is 13.2 Å². The number of carbonyl (C=O) groups is 1. The normalized spacial score (nSPS) is 26.2. The highest BCUT2D eigenvalue weighted by Gasteiger charge is 2.31. The lowest BCUT2D eigenvalue weighted by Crippen LogP contribution is -2.25. The molecule has 5 heteroatoms. The van der Waals surface area contributed by atoms with Crippen LogP contribution in [0.2, 0.25) is 0 Å².